The summed E-state index contributed by atoms with van der Waals surface area (Å²) in [4.78, 5) is 1.22. The van der Waals surface area contributed by atoms with E-state index in [1.54, 1.807) is 12.1 Å². The Balaban J connectivity index is 2.64. The molecule has 78 valence electrons. The molecule has 0 spiro atoms. The highest BCUT2D eigenvalue weighted by molar-refractivity contribution is 8.00. The maximum atomic E-state index is 9.15. The first-order valence-corrected chi connectivity index (χ1v) is 5.83. The fraction of sp³-hybridized carbons (Fsp3) is 0.500. The standard InChI is InChI=1S/C12H18OS/c1-4-9-12(2,3)14-11-7-5-10(13)6-8-11/h5-8,13H,4,9H2,1-3H3. The number of thioether (sulfide) groups is 1. The summed E-state index contributed by atoms with van der Waals surface area (Å²) < 4.78 is 0.283. The van der Waals surface area contributed by atoms with Crippen LogP contribution in [-0.2, 0) is 0 Å². The summed E-state index contributed by atoms with van der Waals surface area (Å²) in [6.07, 6.45) is 2.41. The molecule has 0 aliphatic heterocycles. The van der Waals surface area contributed by atoms with E-state index in [0.29, 0.717) is 5.75 Å². The molecule has 0 bridgehead atoms. The van der Waals surface area contributed by atoms with E-state index in [-0.39, 0.29) is 4.75 Å². The van der Waals surface area contributed by atoms with Crippen molar-refractivity contribution in [2.24, 2.45) is 0 Å². The van der Waals surface area contributed by atoms with Gasteiger partial charge in [-0.3, -0.25) is 0 Å². The molecule has 1 N–H and O–H groups in total. The van der Waals surface area contributed by atoms with Crippen molar-refractivity contribution in [2.75, 3.05) is 0 Å². The van der Waals surface area contributed by atoms with Crippen molar-refractivity contribution in [2.45, 2.75) is 43.3 Å². The van der Waals surface area contributed by atoms with E-state index >= 15 is 0 Å². The lowest BCUT2D eigenvalue weighted by molar-refractivity contribution is 0.475. The molecular formula is C12H18OS. The van der Waals surface area contributed by atoms with Gasteiger partial charge in [0.2, 0.25) is 0 Å². The van der Waals surface area contributed by atoms with Crippen LogP contribution < -0.4 is 0 Å². The zero-order chi connectivity index (χ0) is 10.6. The summed E-state index contributed by atoms with van der Waals surface area (Å²) in [5.41, 5.74) is 0. The van der Waals surface area contributed by atoms with Gasteiger partial charge in [0.25, 0.3) is 0 Å². The minimum atomic E-state index is 0.283. The minimum absolute atomic E-state index is 0.283. The Hall–Kier alpha value is -0.630. The minimum Gasteiger partial charge on any atom is -0.508 e. The first-order chi connectivity index (χ1) is 6.53. The Kier molecular flexibility index (Phi) is 3.87. The van der Waals surface area contributed by atoms with Gasteiger partial charge in [0, 0.05) is 9.64 Å². The molecular weight excluding hydrogens is 192 g/mol. The molecule has 14 heavy (non-hydrogen) atoms. The van der Waals surface area contributed by atoms with Gasteiger partial charge < -0.3 is 5.11 Å². The van der Waals surface area contributed by atoms with E-state index < -0.39 is 0 Å². The third kappa shape index (κ3) is 3.62. The van der Waals surface area contributed by atoms with Gasteiger partial charge in [0.1, 0.15) is 5.75 Å². The molecule has 0 radical (unpaired) electrons. The number of phenols is 1. The van der Waals surface area contributed by atoms with Crippen LogP contribution in [0, 0.1) is 0 Å². The van der Waals surface area contributed by atoms with Crippen LogP contribution in [0.25, 0.3) is 0 Å². The van der Waals surface area contributed by atoms with Crippen LogP contribution in [0.4, 0.5) is 0 Å². The molecule has 0 unspecified atom stereocenters. The van der Waals surface area contributed by atoms with Crippen LogP contribution in [-0.4, -0.2) is 9.85 Å². The average Bonchev–Trinajstić information content (AvgIpc) is 2.08. The molecule has 0 atom stereocenters. The van der Waals surface area contributed by atoms with E-state index in [1.165, 1.54) is 17.7 Å². The molecule has 0 saturated carbocycles. The Morgan fingerprint density at radius 1 is 1.21 bits per heavy atom. The maximum Gasteiger partial charge on any atom is 0.115 e. The number of hydrogen-bond acceptors (Lipinski definition) is 2. The maximum absolute atomic E-state index is 9.15. The first kappa shape index (κ1) is 11.4. The van der Waals surface area contributed by atoms with Gasteiger partial charge in [-0.2, -0.15) is 0 Å². The van der Waals surface area contributed by atoms with E-state index in [2.05, 4.69) is 20.8 Å². The molecule has 0 aliphatic rings. The largest absolute Gasteiger partial charge is 0.508 e. The van der Waals surface area contributed by atoms with Gasteiger partial charge in [0.15, 0.2) is 0 Å². The van der Waals surface area contributed by atoms with Crippen LogP contribution in [0.1, 0.15) is 33.6 Å². The smallest absolute Gasteiger partial charge is 0.115 e. The van der Waals surface area contributed by atoms with Crippen LogP contribution in [0.15, 0.2) is 29.2 Å². The second-order valence-electron chi connectivity index (χ2n) is 4.11. The SMILES string of the molecule is CCCC(C)(C)Sc1ccc(O)cc1. The molecule has 2 heteroatoms. The Morgan fingerprint density at radius 3 is 2.29 bits per heavy atom. The van der Waals surface area contributed by atoms with Gasteiger partial charge >= 0.3 is 0 Å². The van der Waals surface area contributed by atoms with E-state index in [1.807, 2.05) is 23.9 Å². The predicted octanol–water partition coefficient (Wildman–Crippen LogP) is 4.06. The van der Waals surface area contributed by atoms with Gasteiger partial charge in [-0.25, -0.2) is 0 Å². The molecule has 0 aromatic heterocycles. The second-order valence-corrected chi connectivity index (χ2v) is 5.89. The quantitative estimate of drug-likeness (QED) is 0.756. The molecule has 0 heterocycles. The predicted molar refractivity (Wildman–Crippen MR) is 63.0 cm³/mol. The van der Waals surface area contributed by atoms with Crippen molar-refractivity contribution in [1.82, 2.24) is 0 Å². The highest BCUT2D eigenvalue weighted by Gasteiger charge is 2.17. The number of phenolic OH excluding ortho intramolecular Hbond substituents is 1. The molecule has 0 saturated heterocycles. The van der Waals surface area contributed by atoms with Gasteiger partial charge in [-0.05, 0) is 30.7 Å². The van der Waals surface area contributed by atoms with Crippen molar-refractivity contribution in [1.29, 1.82) is 0 Å². The molecule has 1 nitrogen and oxygen atoms in total. The Bertz CT molecular complexity index is 277. The average molecular weight is 210 g/mol. The molecule has 0 fully saturated rings. The fourth-order valence-electron chi connectivity index (χ4n) is 1.49. The van der Waals surface area contributed by atoms with Crippen LogP contribution >= 0.6 is 11.8 Å². The number of hydrogen-bond donors (Lipinski definition) is 1. The summed E-state index contributed by atoms with van der Waals surface area (Å²) in [6.45, 7) is 6.72. The summed E-state index contributed by atoms with van der Waals surface area (Å²) in [5.74, 6) is 0.336. The van der Waals surface area contributed by atoms with Crippen molar-refractivity contribution in [3.8, 4) is 5.75 Å². The zero-order valence-corrected chi connectivity index (χ0v) is 9.90. The second kappa shape index (κ2) is 4.74. The lowest BCUT2D eigenvalue weighted by atomic mass is 10.1. The van der Waals surface area contributed by atoms with Crippen LogP contribution in [0.5, 0.6) is 5.75 Å². The number of aromatic hydroxyl groups is 1. The molecule has 1 aromatic rings. The summed E-state index contributed by atoms with van der Waals surface area (Å²) in [6, 6.07) is 7.42. The summed E-state index contributed by atoms with van der Waals surface area (Å²) in [5, 5.41) is 9.15. The van der Waals surface area contributed by atoms with Crippen molar-refractivity contribution < 1.29 is 5.11 Å². The summed E-state index contributed by atoms with van der Waals surface area (Å²) >= 11 is 1.87. The van der Waals surface area contributed by atoms with Crippen molar-refractivity contribution >= 4 is 11.8 Å². The highest BCUT2D eigenvalue weighted by atomic mass is 32.2. The number of benzene rings is 1. The monoisotopic (exact) mass is 210 g/mol. The topological polar surface area (TPSA) is 20.2 Å². The van der Waals surface area contributed by atoms with Gasteiger partial charge in [-0.15, -0.1) is 11.8 Å². The molecule has 0 aliphatic carbocycles. The Morgan fingerprint density at radius 2 is 1.79 bits per heavy atom. The third-order valence-corrected chi connectivity index (χ3v) is 3.35. The normalized spacial score (nSPS) is 11.6. The summed E-state index contributed by atoms with van der Waals surface area (Å²) in [7, 11) is 0. The fourth-order valence-corrected chi connectivity index (χ4v) is 2.70. The molecule has 1 rings (SSSR count). The van der Waals surface area contributed by atoms with E-state index in [9.17, 15) is 0 Å². The first-order valence-electron chi connectivity index (χ1n) is 5.01. The van der Waals surface area contributed by atoms with Gasteiger partial charge in [-0.1, -0.05) is 27.2 Å². The third-order valence-electron chi connectivity index (χ3n) is 2.08. The van der Waals surface area contributed by atoms with E-state index in [4.69, 9.17) is 5.11 Å². The van der Waals surface area contributed by atoms with Gasteiger partial charge in [0.05, 0.1) is 0 Å². The van der Waals surface area contributed by atoms with E-state index in [0.717, 1.165) is 0 Å². The molecule has 0 amide bonds. The van der Waals surface area contributed by atoms with Crippen LogP contribution in [0.3, 0.4) is 0 Å². The van der Waals surface area contributed by atoms with Crippen molar-refractivity contribution in [3.63, 3.8) is 0 Å². The number of rotatable bonds is 4. The zero-order valence-electron chi connectivity index (χ0n) is 9.08. The van der Waals surface area contributed by atoms with Crippen molar-refractivity contribution in [3.05, 3.63) is 24.3 Å². The Labute approximate surface area is 90.5 Å². The molecule has 1 aromatic carbocycles. The lowest BCUT2D eigenvalue weighted by Crippen LogP contribution is -2.13. The van der Waals surface area contributed by atoms with Crippen LogP contribution in [0.2, 0.25) is 0 Å². The lowest BCUT2D eigenvalue weighted by Gasteiger charge is -2.23. The highest BCUT2D eigenvalue weighted by Crippen LogP contribution is 2.36.